The molecule has 0 bridgehead atoms. The van der Waals surface area contributed by atoms with E-state index in [2.05, 4.69) is 41.5 Å². The maximum absolute atomic E-state index is 12.7. The van der Waals surface area contributed by atoms with Crippen LogP contribution in [0.3, 0.4) is 0 Å². The van der Waals surface area contributed by atoms with Crippen molar-refractivity contribution in [2.24, 2.45) is 11.8 Å². The summed E-state index contributed by atoms with van der Waals surface area (Å²) in [5.41, 5.74) is 2.37. The molecule has 1 N–H and O–H groups in total. The summed E-state index contributed by atoms with van der Waals surface area (Å²) < 4.78 is 6.54. The van der Waals surface area contributed by atoms with Crippen LogP contribution in [0.2, 0.25) is 16.6 Å². The summed E-state index contributed by atoms with van der Waals surface area (Å²) in [4.78, 5) is 12.7. The van der Waals surface area contributed by atoms with Gasteiger partial charge in [-0.3, -0.25) is 4.79 Å². The van der Waals surface area contributed by atoms with E-state index < -0.39 is 20.3 Å². The number of aliphatic hydroxyl groups excluding tert-OH is 1. The second kappa shape index (κ2) is 9.88. The van der Waals surface area contributed by atoms with Crippen LogP contribution in [0.1, 0.15) is 69.2 Å². The van der Waals surface area contributed by atoms with E-state index in [0.29, 0.717) is 23.2 Å². The summed E-state index contributed by atoms with van der Waals surface area (Å²) in [7, 11) is -1.95. The van der Waals surface area contributed by atoms with E-state index in [1.54, 1.807) is 0 Å². The quantitative estimate of drug-likeness (QED) is 0.424. The zero-order chi connectivity index (χ0) is 19.2. The number of carbonyl (C=O) groups excluding carboxylic acids is 1. The third kappa shape index (κ3) is 5.27. The fourth-order valence-electron chi connectivity index (χ4n) is 4.02. The van der Waals surface area contributed by atoms with Gasteiger partial charge in [0.2, 0.25) is 0 Å². The largest absolute Gasteiger partial charge is 0.415 e. The monoisotopic (exact) mass is 356 g/mol. The van der Waals surface area contributed by atoms with Gasteiger partial charge in [-0.1, -0.05) is 61.5 Å². The van der Waals surface area contributed by atoms with Gasteiger partial charge in [0.15, 0.2) is 8.32 Å². The molecule has 0 spiro atoms. The molecule has 0 saturated heterocycles. The summed E-state index contributed by atoms with van der Waals surface area (Å²) in [5, 5.41) is 10.3. The Morgan fingerprint density at radius 2 is 1.42 bits per heavy atom. The molecule has 0 aliphatic carbocycles. The van der Waals surface area contributed by atoms with Gasteiger partial charge >= 0.3 is 0 Å². The zero-order valence-electron chi connectivity index (χ0n) is 17.5. The van der Waals surface area contributed by atoms with E-state index in [-0.39, 0.29) is 11.7 Å². The molecule has 0 aromatic heterocycles. The Kier molecular flexibility index (Phi) is 9.70. The molecule has 0 saturated carbocycles. The fourth-order valence-corrected chi connectivity index (χ4v) is 9.56. The van der Waals surface area contributed by atoms with E-state index in [9.17, 15) is 9.90 Å². The fraction of sp³-hybridized carbons (Fsp3) is 0.850. The predicted molar refractivity (Wildman–Crippen MR) is 106 cm³/mol. The maximum Gasteiger partial charge on any atom is 0.200 e. The lowest BCUT2D eigenvalue weighted by atomic mass is 9.88. The number of hydrogen-bond acceptors (Lipinski definition) is 3. The number of ketones is 1. The van der Waals surface area contributed by atoms with Gasteiger partial charge in [0, 0.05) is 18.4 Å². The van der Waals surface area contributed by atoms with Gasteiger partial charge in [-0.2, -0.15) is 0 Å². The molecule has 142 valence electrons. The Labute approximate surface area is 151 Å². The number of aliphatic hydroxyl groups is 1. The van der Waals surface area contributed by atoms with Crippen LogP contribution in [0.25, 0.3) is 0 Å². The van der Waals surface area contributed by atoms with Crippen LogP contribution in [-0.4, -0.2) is 31.9 Å². The summed E-state index contributed by atoms with van der Waals surface area (Å²) in [6, 6.07) is 0. The van der Waals surface area contributed by atoms with Crippen LogP contribution < -0.4 is 0 Å². The molecule has 4 heteroatoms. The molecule has 0 aromatic carbocycles. The first-order chi connectivity index (χ1) is 10.9. The first-order valence-electron chi connectivity index (χ1n) is 9.41. The summed E-state index contributed by atoms with van der Waals surface area (Å²) in [6.07, 6.45) is 1.16. The molecule has 0 aliphatic heterocycles. The average molecular weight is 357 g/mol. The molecular weight excluding hydrogens is 316 g/mol. The smallest absolute Gasteiger partial charge is 0.200 e. The molecule has 0 aliphatic rings. The Morgan fingerprint density at radius 3 is 1.75 bits per heavy atom. The number of carbonyl (C=O) groups is 1. The lowest BCUT2D eigenvalue weighted by Crippen LogP contribution is -2.49. The van der Waals surface area contributed by atoms with Crippen LogP contribution in [0.15, 0.2) is 11.6 Å². The van der Waals surface area contributed by atoms with E-state index in [1.165, 1.54) is 0 Å². The topological polar surface area (TPSA) is 46.5 Å². The average Bonchev–Trinajstić information content (AvgIpc) is 2.51. The highest BCUT2D eigenvalue weighted by Gasteiger charge is 2.45. The summed E-state index contributed by atoms with van der Waals surface area (Å²) in [5.74, 6) is -0.502. The van der Waals surface area contributed by atoms with E-state index in [1.807, 2.05) is 33.8 Å². The standard InChI is InChI=1S/C20H40O3Si/c1-11-16(8)19(21)18(10)20(22)17(9)12-23-24(13(2)3,14(4)5)15(6)7/h11,13-15,17-19,21H,12H2,1-10H3/b16-11+/t17-,18-,19-/m0/s1. The summed E-state index contributed by atoms with van der Waals surface area (Å²) >= 11 is 0. The molecule has 0 amide bonds. The van der Waals surface area contributed by atoms with Gasteiger partial charge < -0.3 is 9.53 Å². The number of allylic oxidation sites excluding steroid dienone is 1. The van der Waals surface area contributed by atoms with Crippen LogP contribution in [-0.2, 0) is 9.22 Å². The lowest BCUT2D eigenvalue weighted by molar-refractivity contribution is -0.129. The van der Waals surface area contributed by atoms with Gasteiger partial charge in [-0.05, 0) is 36.0 Å². The Morgan fingerprint density at radius 1 is 1.00 bits per heavy atom. The SMILES string of the molecule is C/C=C(\C)[C@H](O)[C@H](C)C(=O)[C@@H](C)CO[Si](C(C)C)(C(C)C)C(C)C. The Balaban J connectivity index is 5.10. The van der Waals surface area contributed by atoms with Crippen molar-refractivity contribution in [2.75, 3.05) is 6.61 Å². The van der Waals surface area contributed by atoms with Gasteiger partial charge in [0.1, 0.15) is 5.78 Å². The Bertz CT molecular complexity index is 405. The molecule has 0 heterocycles. The van der Waals surface area contributed by atoms with Crippen LogP contribution >= 0.6 is 0 Å². The van der Waals surface area contributed by atoms with Crippen molar-refractivity contribution in [2.45, 2.75) is 92.0 Å². The van der Waals surface area contributed by atoms with Crippen LogP contribution in [0.5, 0.6) is 0 Å². The third-order valence-electron chi connectivity index (χ3n) is 5.62. The van der Waals surface area contributed by atoms with Crippen molar-refractivity contribution < 1.29 is 14.3 Å². The minimum absolute atomic E-state index is 0.0860. The zero-order valence-corrected chi connectivity index (χ0v) is 18.5. The van der Waals surface area contributed by atoms with Crippen molar-refractivity contribution >= 4 is 14.1 Å². The minimum atomic E-state index is -1.95. The maximum atomic E-state index is 12.7. The molecular formula is C20H40O3Si. The normalized spacial score (nSPS) is 17.5. The van der Waals surface area contributed by atoms with Crippen molar-refractivity contribution in [3.63, 3.8) is 0 Å². The highest BCUT2D eigenvalue weighted by atomic mass is 28.4. The molecule has 0 aromatic rings. The number of hydrogen-bond donors (Lipinski definition) is 1. The third-order valence-corrected chi connectivity index (χ3v) is 11.7. The number of Topliss-reactive ketones (excluding diaryl/α,β-unsaturated/α-hetero) is 1. The van der Waals surface area contributed by atoms with Crippen molar-refractivity contribution in [3.05, 3.63) is 11.6 Å². The molecule has 0 rings (SSSR count). The van der Waals surface area contributed by atoms with Gasteiger partial charge in [-0.25, -0.2) is 0 Å². The van der Waals surface area contributed by atoms with Crippen molar-refractivity contribution in [1.82, 2.24) is 0 Å². The molecule has 3 nitrogen and oxygen atoms in total. The molecule has 3 atom stereocenters. The molecule has 0 radical (unpaired) electrons. The predicted octanol–water partition coefficient (Wildman–Crippen LogP) is 5.35. The molecule has 24 heavy (non-hydrogen) atoms. The molecule has 0 fully saturated rings. The minimum Gasteiger partial charge on any atom is -0.415 e. The van der Waals surface area contributed by atoms with Gasteiger partial charge in [0.05, 0.1) is 6.10 Å². The second-order valence-electron chi connectivity index (χ2n) is 8.20. The Hall–Kier alpha value is -0.453. The van der Waals surface area contributed by atoms with Gasteiger partial charge in [0.25, 0.3) is 0 Å². The van der Waals surface area contributed by atoms with E-state index >= 15 is 0 Å². The highest BCUT2D eigenvalue weighted by Crippen LogP contribution is 2.42. The van der Waals surface area contributed by atoms with E-state index in [4.69, 9.17) is 4.43 Å². The molecule has 0 unspecified atom stereocenters. The van der Waals surface area contributed by atoms with Crippen LogP contribution in [0, 0.1) is 11.8 Å². The lowest BCUT2D eigenvalue weighted by Gasteiger charge is -2.42. The highest BCUT2D eigenvalue weighted by molar-refractivity contribution is 6.77. The van der Waals surface area contributed by atoms with Crippen molar-refractivity contribution in [3.8, 4) is 0 Å². The summed E-state index contributed by atoms with van der Waals surface area (Å²) in [6.45, 7) is 21.5. The first kappa shape index (κ1) is 23.5. The van der Waals surface area contributed by atoms with Crippen LogP contribution in [0.4, 0.5) is 0 Å². The second-order valence-corrected chi connectivity index (χ2v) is 13.7. The first-order valence-corrected chi connectivity index (χ1v) is 11.6. The number of rotatable bonds is 10. The van der Waals surface area contributed by atoms with Crippen molar-refractivity contribution in [1.29, 1.82) is 0 Å². The van der Waals surface area contributed by atoms with E-state index in [0.717, 1.165) is 5.57 Å². The van der Waals surface area contributed by atoms with Gasteiger partial charge in [-0.15, -0.1) is 0 Å².